The molecule has 1 aliphatic rings. The number of fused-ring (bicyclic) bond motifs is 1. The summed E-state index contributed by atoms with van der Waals surface area (Å²) >= 11 is 11.8. The molecular weight excluding hydrogens is 329 g/mol. The van der Waals surface area contributed by atoms with Crippen molar-refractivity contribution in [1.29, 1.82) is 0 Å². The van der Waals surface area contributed by atoms with Gasteiger partial charge in [-0.2, -0.15) is 0 Å². The van der Waals surface area contributed by atoms with Crippen molar-refractivity contribution in [2.45, 2.75) is 0 Å². The smallest absolute Gasteiger partial charge is 0.346 e. The van der Waals surface area contributed by atoms with Crippen molar-refractivity contribution >= 4 is 46.7 Å². The van der Waals surface area contributed by atoms with Gasteiger partial charge < -0.3 is 10.1 Å². The lowest BCUT2D eigenvalue weighted by atomic mass is 10.1. The van der Waals surface area contributed by atoms with Crippen LogP contribution in [0.4, 0.5) is 5.69 Å². The van der Waals surface area contributed by atoms with Crippen molar-refractivity contribution in [3.63, 3.8) is 0 Å². The van der Waals surface area contributed by atoms with Crippen LogP contribution in [0, 0.1) is 0 Å². The van der Waals surface area contributed by atoms with E-state index in [1.54, 1.807) is 12.1 Å². The Kier molecular flexibility index (Phi) is 3.60. The van der Waals surface area contributed by atoms with Gasteiger partial charge in [0.15, 0.2) is 0 Å². The van der Waals surface area contributed by atoms with E-state index in [0.717, 1.165) is 0 Å². The van der Waals surface area contributed by atoms with Crippen molar-refractivity contribution in [3.8, 4) is 0 Å². The standard InChI is InChI=1S/C15H7Cl2NO4/c16-8-2-4-12(11(17)6-8)18-13(19)7-1-3-9-10(5-7)15(21)22-14(9)20/h1-6H,(H,18,19). The number of amides is 1. The zero-order valence-corrected chi connectivity index (χ0v) is 12.4. The molecule has 0 atom stereocenters. The maximum Gasteiger partial charge on any atom is 0.346 e. The van der Waals surface area contributed by atoms with E-state index >= 15 is 0 Å². The van der Waals surface area contributed by atoms with Gasteiger partial charge in [-0.15, -0.1) is 0 Å². The summed E-state index contributed by atoms with van der Waals surface area (Å²) in [5, 5.41) is 3.34. The van der Waals surface area contributed by atoms with Gasteiger partial charge >= 0.3 is 11.9 Å². The van der Waals surface area contributed by atoms with Crippen molar-refractivity contribution in [3.05, 3.63) is 63.1 Å². The Morgan fingerprint density at radius 2 is 1.68 bits per heavy atom. The molecule has 1 N–H and O–H groups in total. The van der Waals surface area contributed by atoms with Gasteiger partial charge in [0.2, 0.25) is 0 Å². The minimum absolute atomic E-state index is 0.0693. The van der Waals surface area contributed by atoms with Gasteiger partial charge in [-0.1, -0.05) is 23.2 Å². The highest BCUT2D eigenvalue weighted by Crippen LogP contribution is 2.26. The van der Waals surface area contributed by atoms with Gasteiger partial charge in [0, 0.05) is 10.6 Å². The number of hydrogen-bond donors (Lipinski definition) is 1. The fraction of sp³-hybridized carbons (Fsp3) is 0. The first-order valence-electron chi connectivity index (χ1n) is 6.12. The van der Waals surface area contributed by atoms with Gasteiger partial charge in [-0.25, -0.2) is 9.59 Å². The Morgan fingerprint density at radius 1 is 0.955 bits per heavy atom. The molecule has 2 aromatic rings. The summed E-state index contributed by atoms with van der Waals surface area (Å²) in [4.78, 5) is 35.0. The number of nitrogens with one attached hydrogen (secondary N) is 1. The molecule has 22 heavy (non-hydrogen) atoms. The van der Waals surface area contributed by atoms with Gasteiger partial charge in [0.1, 0.15) is 0 Å². The van der Waals surface area contributed by atoms with Crippen molar-refractivity contribution in [1.82, 2.24) is 0 Å². The molecule has 0 aliphatic carbocycles. The first-order chi connectivity index (χ1) is 10.5. The number of esters is 2. The quantitative estimate of drug-likeness (QED) is 0.672. The van der Waals surface area contributed by atoms with Crippen LogP contribution in [0.3, 0.4) is 0 Å². The number of hydrogen-bond acceptors (Lipinski definition) is 4. The molecule has 2 aromatic carbocycles. The SMILES string of the molecule is O=C(Nc1ccc(Cl)cc1Cl)c1ccc2c(c1)C(=O)OC2=O. The second-order valence-electron chi connectivity index (χ2n) is 4.52. The summed E-state index contributed by atoms with van der Waals surface area (Å²) in [5.74, 6) is -1.95. The number of anilines is 1. The molecule has 0 saturated heterocycles. The van der Waals surface area contributed by atoms with Crippen LogP contribution in [0.5, 0.6) is 0 Å². The minimum atomic E-state index is -0.765. The second-order valence-corrected chi connectivity index (χ2v) is 5.36. The maximum absolute atomic E-state index is 12.2. The largest absolute Gasteiger partial charge is 0.386 e. The van der Waals surface area contributed by atoms with E-state index in [1.165, 1.54) is 24.3 Å². The second kappa shape index (κ2) is 5.44. The van der Waals surface area contributed by atoms with Crippen LogP contribution in [0.25, 0.3) is 0 Å². The molecule has 1 heterocycles. The predicted molar refractivity (Wildman–Crippen MR) is 80.6 cm³/mol. The van der Waals surface area contributed by atoms with Gasteiger partial charge in [0.05, 0.1) is 21.8 Å². The molecule has 0 spiro atoms. The molecule has 0 bridgehead atoms. The van der Waals surface area contributed by atoms with Crippen molar-refractivity contribution < 1.29 is 19.1 Å². The van der Waals surface area contributed by atoms with Gasteiger partial charge in [0.25, 0.3) is 5.91 Å². The number of rotatable bonds is 2. The van der Waals surface area contributed by atoms with E-state index in [2.05, 4.69) is 10.1 Å². The summed E-state index contributed by atoms with van der Waals surface area (Å²) in [7, 11) is 0. The molecule has 0 fully saturated rings. The lowest BCUT2D eigenvalue weighted by Gasteiger charge is -2.08. The van der Waals surface area contributed by atoms with Crippen LogP contribution in [0.15, 0.2) is 36.4 Å². The van der Waals surface area contributed by atoms with Crippen LogP contribution in [0.2, 0.25) is 10.0 Å². The van der Waals surface area contributed by atoms with Crippen molar-refractivity contribution in [2.75, 3.05) is 5.32 Å². The molecule has 1 amide bonds. The Morgan fingerprint density at radius 3 is 2.41 bits per heavy atom. The average Bonchev–Trinajstić information content (AvgIpc) is 2.76. The molecule has 7 heteroatoms. The highest BCUT2D eigenvalue weighted by Gasteiger charge is 2.30. The third-order valence-electron chi connectivity index (χ3n) is 3.09. The third-order valence-corrected chi connectivity index (χ3v) is 3.63. The topological polar surface area (TPSA) is 72.5 Å². The van der Waals surface area contributed by atoms with E-state index in [1.807, 2.05) is 0 Å². The maximum atomic E-state index is 12.2. The number of carbonyl (C=O) groups excluding carboxylic acids is 3. The first-order valence-corrected chi connectivity index (χ1v) is 6.88. The summed E-state index contributed by atoms with van der Waals surface area (Å²) < 4.78 is 4.47. The zero-order chi connectivity index (χ0) is 15.9. The summed E-state index contributed by atoms with van der Waals surface area (Å²) in [6.07, 6.45) is 0. The van der Waals surface area contributed by atoms with E-state index < -0.39 is 17.8 Å². The van der Waals surface area contributed by atoms with Crippen LogP contribution in [-0.4, -0.2) is 17.8 Å². The summed E-state index contributed by atoms with van der Waals surface area (Å²) in [6.45, 7) is 0. The molecule has 0 saturated carbocycles. The van der Waals surface area contributed by atoms with E-state index in [0.29, 0.717) is 10.7 Å². The first kappa shape index (κ1) is 14.6. The zero-order valence-electron chi connectivity index (χ0n) is 10.9. The normalized spacial score (nSPS) is 12.8. The van der Waals surface area contributed by atoms with E-state index in [-0.39, 0.29) is 21.7 Å². The van der Waals surface area contributed by atoms with E-state index in [4.69, 9.17) is 23.2 Å². The predicted octanol–water partition coefficient (Wildman–Crippen LogP) is 3.56. The molecule has 5 nitrogen and oxygen atoms in total. The fourth-order valence-corrected chi connectivity index (χ4v) is 2.47. The van der Waals surface area contributed by atoms with Gasteiger partial charge in [-0.3, -0.25) is 4.79 Å². The minimum Gasteiger partial charge on any atom is -0.386 e. The van der Waals surface area contributed by atoms with Crippen LogP contribution in [0.1, 0.15) is 31.1 Å². The highest BCUT2D eigenvalue weighted by molar-refractivity contribution is 6.36. The molecular formula is C15H7Cl2NO4. The third kappa shape index (κ3) is 2.56. The Hall–Kier alpha value is -2.37. The lowest BCUT2D eigenvalue weighted by Crippen LogP contribution is -2.13. The van der Waals surface area contributed by atoms with Crippen LogP contribution < -0.4 is 5.32 Å². The van der Waals surface area contributed by atoms with E-state index in [9.17, 15) is 14.4 Å². The number of benzene rings is 2. The fourth-order valence-electron chi connectivity index (χ4n) is 2.01. The average molecular weight is 336 g/mol. The molecule has 3 rings (SSSR count). The number of carbonyl (C=O) groups is 3. The summed E-state index contributed by atoms with van der Waals surface area (Å²) in [6, 6.07) is 8.76. The van der Waals surface area contributed by atoms with Crippen LogP contribution in [-0.2, 0) is 4.74 Å². The van der Waals surface area contributed by atoms with Crippen LogP contribution >= 0.6 is 23.2 Å². The Labute approximate surface area is 134 Å². The lowest BCUT2D eigenvalue weighted by molar-refractivity contribution is 0.0443. The number of ether oxygens (including phenoxy) is 1. The highest BCUT2D eigenvalue weighted by atomic mass is 35.5. The Bertz CT molecular complexity index is 832. The number of halogens is 2. The van der Waals surface area contributed by atoms with Gasteiger partial charge in [-0.05, 0) is 36.4 Å². The molecule has 1 aliphatic heterocycles. The monoisotopic (exact) mass is 335 g/mol. The Balaban J connectivity index is 1.89. The summed E-state index contributed by atoms with van der Waals surface area (Å²) in [5.41, 5.74) is 0.803. The molecule has 0 radical (unpaired) electrons. The molecule has 110 valence electrons. The number of cyclic esters (lactones) is 2. The molecule has 0 aromatic heterocycles. The molecule has 0 unspecified atom stereocenters. The van der Waals surface area contributed by atoms with Crippen molar-refractivity contribution in [2.24, 2.45) is 0 Å².